The first-order valence-electron chi connectivity index (χ1n) is 7.24. The van der Waals surface area contributed by atoms with Gasteiger partial charge in [0.25, 0.3) is 5.91 Å². The van der Waals surface area contributed by atoms with Gasteiger partial charge in [-0.3, -0.25) is 14.5 Å². The predicted molar refractivity (Wildman–Crippen MR) is 79.3 cm³/mol. The molecule has 2 aromatic heterocycles. The number of aliphatic hydroxyl groups is 1. The number of hydrogen-bond acceptors (Lipinski definition) is 5. The van der Waals surface area contributed by atoms with Gasteiger partial charge in [-0.2, -0.15) is 5.10 Å². The van der Waals surface area contributed by atoms with Gasteiger partial charge in [0.15, 0.2) is 0 Å². The number of rotatable bonds is 4. The van der Waals surface area contributed by atoms with Crippen LogP contribution in [-0.2, 0) is 11.3 Å². The maximum Gasteiger partial charge on any atom is 0.255 e. The average Bonchev–Trinajstić information content (AvgIpc) is 3.04. The quantitative estimate of drug-likeness (QED) is 0.885. The molecule has 0 aromatic carbocycles. The molecule has 7 nitrogen and oxygen atoms in total. The number of carbonyl (C=O) groups excluding carboxylic acids is 1. The molecule has 0 bridgehead atoms. The van der Waals surface area contributed by atoms with Crippen molar-refractivity contribution < 1.29 is 14.6 Å². The number of pyridine rings is 1. The van der Waals surface area contributed by atoms with Gasteiger partial charge in [0.1, 0.15) is 0 Å². The van der Waals surface area contributed by atoms with Gasteiger partial charge >= 0.3 is 0 Å². The van der Waals surface area contributed by atoms with Gasteiger partial charge in [0, 0.05) is 31.0 Å². The highest BCUT2D eigenvalue weighted by molar-refractivity contribution is 5.94. The molecule has 1 amide bonds. The lowest BCUT2D eigenvalue weighted by molar-refractivity contribution is 0.0302. The Kier molecular flexibility index (Phi) is 4.45. The molecular weight excluding hydrogens is 284 g/mol. The van der Waals surface area contributed by atoms with E-state index in [1.807, 2.05) is 12.3 Å². The van der Waals surface area contributed by atoms with Crippen LogP contribution in [0, 0.1) is 0 Å². The van der Waals surface area contributed by atoms with Crippen LogP contribution in [0.3, 0.4) is 0 Å². The predicted octanol–water partition coefficient (Wildman–Crippen LogP) is 0.410. The van der Waals surface area contributed by atoms with Gasteiger partial charge in [-0.25, -0.2) is 0 Å². The second-order valence-electron chi connectivity index (χ2n) is 5.05. The molecule has 22 heavy (non-hydrogen) atoms. The highest BCUT2D eigenvalue weighted by atomic mass is 16.5. The number of nitrogens with zero attached hydrogens (tertiary/aromatic N) is 4. The Balaban J connectivity index is 1.72. The highest BCUT2D eigenvalue weighted by Gasteiger charge is 2.18. The van der Waals surface area contributed by atoms with Crippen molar-refractivity contribution in [1.29, 1.82) is 0 Å². The zero-order chi connectivity index (χ0) is 15.4. The Bertz CT molecular complexity index is 632. The van der Waals surface area contributed by atoms with Gasteiger partial charge in [0.2, 0.25) is 0 Å². The van der Waals surface area contributed by atoms with E-state index in [-0.39, 0.29) is 12.5 Å². The van der Waals surface area contributed by atoms with Crippen molar-refractivity contribution in [3.63, 3.8) is 0 Å². The van der Waals surface area contributed by atoms with E-state index in [1.165, 1.54) is 0 Å². The summed E-state index contributed by atoms with van der Waals surface area (Å²) >= 11 is 0. The molecule has 3 rings (SSSR count). The summed E-state index contributed by atoms with van der Waals surface area (Å²) in [7, 11) is 0. The van der Waals surface area contributed by atoms with Gasteiger partial charge in [0.05, 0.1) is 43.8 Å². The molecule has 0 saturated carbocycles. The first kappa shape index (κ1) is 14.7. The van der Waals surface area contributed by atoms with E-state index in [1.54, 1.807) is 28.0 Å². The van der Waals surface area contributed by atoms with E-state index in [4.69, 9.17) is 9.84 Å². The number of aliphatic hydroxyl groups excluding tert-OH is 1. The SMILES string of the molecule is O=C(c1ccc(-c2cnn(CCO)c2)nc1)N1CCOCC1. The van der Waals surface area contributed by atoms with Crippen LogP contribution in [-0.4, -0.2) is 63.6 Å². The lowest BCUT2D eigenvalue weighted by atomic mass is 10.2. The second kappa shape index (κ2) is 6.67. The Labute approximate surface area is 128 Å². The van der Waals surface area contributed by atoms with E-state index in [0.29, 0.717) is 38.4 Å². The normalized spacial score (nSPS) is 15.0. The number of hydrogen-bond donors (Lipinski definition) is 1. The van der Waals surface area contributed by atoms with E-state index in [0.717, 1.165) is 11.3 Å². The molecule has 0 aliphatic carbocycles. The standard InChI is InChI=1S/C15H18N4O3/c20-6-3-19-11-13(10-17-19)14-2-1-12(9-16-14)15(21)18-4-7-22-8-5-18/h1-2,9-11,20H,3-8H2. The largest absolute Gasteiger partial charge is 0.394 e. The third kappa shape index (κ3) is 3.15. The molecule has 1 aliphatic heterocycles. The summed E-state index contributed by atoms with van der Waals surface area (Å²) in [4.78, 5) is 18.4. The van der Waals surface area contributed by atoms with Crippen molar-refractivity contribution in [3.8, 4) is 11.3 Å². The van der Waals surface area contributed by atoms with Gasteiger partial charge in [-0.15, -0.1) is 0 Å². The van der Waals surface area contributed by atoms with Crippen molar-refractivity contribution in [2.24, 2.45) is 0 Å². The third-order valence-electron chi connectivity index (χ3n) is 3.57. The number of ether oxygens (including phenoxy) is 1. The summed E-state index contributed by atoms with van der Waals surface area (Å²) in [5, 5.41) is 13.0. The van der Waals surface area contributed by atoms with Crippen LogP contribution in [0.4, 0.5) is 0 Å². The molecule has 0 radical (unpaired) electrons. The van der Waals surface area contributed by atoms with Crippen LogP contribution >= 0.6 is 0 Å². The summed E-state index contributed by atoms with van der Waals surface area (Å²) in [6.45, 7) is 2.90. The minimum Gasteiger partial charge on any atom is -0.394 e. The first-order valence-corrected chi connectivity index (χ1v) is 7.24. The zero-order valence-electron chi connectivity index (χ0n) is 12.2. The summed E-state index contributed by atoms with van der Waals surface area (Å²) in [6, 6.07) is 3.59. The van der Waals surface area contributed by atoms with Gasteiger partial charge in [-0.1, -0.05) is 0 Å². The van der Waals surface area contributed by atoms with E-state index >= 15 is 0 Å². The van der Waals surface area contributed by atoms with Crippen molar-refractivity contribution in [2.45, 2.75) is 6.54 Å². The Morgan fingerprint density at radius 1 is 1.27 bits per heavy atom. The van der Waals surface area contributed by atoms with Crippen LogP contribution < -0.4 is 0 Å². The third-order valence-corrected chi connectivity index (χ3v) is 3.57. The second-order valence-corrected chi connectivity index (χ2v) is 5.05. The van der Waals surface area contributed by atoms with Crippen LogP contribution in [0.5, 0.6) is 0 Å². The number of aromatic nitrogens is 3. The number of carbonyl (C=O) groups is 1. The van der Waals surface area contributed by atoms with E-state index < -0.39 is 0 Å². The highest BCUT2D eigenvalue weighted by Crippen LogP contribution is 2.17. The van der Waals surface area contributed by atoms with Crippen LogP contribution in [0.1, 0.15) is 10.4 Å². The topological polar surface area (TPSA) is 80.5 Å². The fourth-order valence-electron chi connectivity index (χ4n) is 2.36. The minimum absolute atomic E-state index is 0.0154. The molecule has 0 atom stereocenters. The monoisotopic (exact) mass is 302 g/mol. The van der Waals surface area contributed by atoms with Crippen molar-refractivity contribution in [1.82, 2.24) is 19.7 Å². The molecule has 1 fully saturated rings. The maximum absolute atomic E-state index is 12.3. The molecule has 7 heteroatoms. The molecule has 0 spiro atoms. The van der Waals surface area contributed by atoms with Crippen molar-refractivity contribution in [3.05, 3.63) is 36.3 Å². The van der Waals surface area contributed by atoms with E-state index in [9.17, 15) is 4.79 Å². The lowest BCUT2D eigenvalue weighted by Crippen LogP contribution is -2.40. The van der Waals surface area contributed by atoms with Crippen LogP contribution in [0.25, 0.3) is 11.3 Å². The Hall–Kier alpha value is -2.25. The summed E-state index contributed by atoms with van der Waals surface area (Å²) in [5.41, 5.74) is 2.19. The van der Waals surface area contributed by atoms with Crippen molar-refractivity contribution in [2.75, 3.05) is 32.9 Å². The number of morpholine rings is 1. The van der Waals surface area contributed by atoms with Crippen LogP contribution in [0.15, 0.2) is 30.7 Å². The fourth-order valence-corrected chi connectivity index (χ4v) is 2.36. The lowest BCUT2D eigenvalue weighted by Gasteiger charge is -2.26. The van der Waals surface area contributed by atoms with Gasteiger partial charge < -0.3 is 14.7 Å². The molecular formula is C15H18N4O3. The Morgan fingerprint density at radius 2 is 2.09 bits per heavy atom. The first-order chi connectivity index (χ1) is 10.8. The molecule has 0 unspecified atom stereocenters. The average molecular weight is 302 g/mol. The molecule has 2 aromatic rings. The van der Waals surface area contributed by atoms with E-state index in [2.05, 4.69) is 10.1 Å². The summed E-state index contributed by atoms with van der Waals surface area (Å²) in [5.74, 6) is -0.0154. The zero-order valence-corrected chi connectivity index (χ0v) is 12.2. The van der Waals surface area contributed by atoms with Crippen molar-refractivity contribution >= 4 is 5.91 Å². The van der Waals surface area contributed by atoms with Crippen LogP contribution in [0.2, 0.25) is 0 Å². The summed E-state index contributed by atoms with van der Waals surface area (Å²) in [6.07, 6.45) is 5.11. The fraction of sp³-hybridized carbons (Fsp3) is 0.400. The molecule has 3 heterocycles. The number of amides is 1. The summed E-state index contributed by atoms with van der Waals surface area (Å²) < 4.78 is 6.90. The minimum atomic E-state index is -0.0154. The maximum atomic E-state index is 12.3. The molecule has 116 valence electrons. The molecule has 1 saturated heterocycles. The van der Waals surface area contributed by atoms with Gasteiger partial charge in [-0.05, 0) is 12.1 Å². The molecule has 1 aliphatic rings. The smallest absolute Gasteiger partial charge is 0.255 e. The molecule has 1 N–H and O–H groups in total. The Morgan fingerprint density at radius 3 is 2.77 bits per heavy atom.